The van der Waals surface area contributed by atoms with Crippen LogP contribution in [0.5, 0.6) is 0 Å². The van der Waals surface area contributed by atoms with Crippen molar-refractivity contribution in [2.24, 2.45) is 0 Å². The maximum atomic E-state index is 8.43. The second kappa shape index (κ2) is 8.37. The molecule has 0 spiro atoms. The number of hydrogen-bond donors (Lipinski definition) is 1. The molecule has 0 heterocycles. The maximum Gasteiger partial charge on any atom is 0.0568 e. The summed E-state index contributed by atoms with van der Waals surface area (Å²) in [6.45, 7) is 2.13. The first-order valence-corrected chi connectivity index (χ1v) is 5.08. The maximum absolute atomic E-state index is 8.43. The van der Waals surface area contributed by atoms with Gasteiger partial charge in [-0.1, -0.05) is 6.92 Å². The van der Waals surface area contributed by atoms with E-state index in [1.165, 1.54) is 0 Å². The van der Waals surface area contributed by atoms with Crippen molar-refractivity contribution in [2.45, 2.75) is 38.7 Å². The van der Waals surface area contributed by atoms with Crippen molar-refractivity contribution in [3.63, 3.8) is 0 Å². The molecular weight excluding hydrogens is 160 g/mol. The highest BCUT2D eigenvalue weighted by Gasteiger charge is 2.02. The van der Waals surface area contributed by atoms with Gasteiger partial charge < -0.3 is 9.29 Å². The predicted molar refractivity (Wildman–Crippen MR) is 50.0 cm³/mol. The van der Waals surface area contributed by atoms with Crippen molar-refractivity contribution in [1.29, 1.82) is 0 Å². The Morgan fingerprint density at radius 2 is 2.18 bits per heavy atom. The van der Waals surface area contributed by atoms with Crippen LogP contribution in [0.3, 0.4) is 0 Å². The highest BCUT2D eigenvalue weighted by molar-refractivity contribution is 7.93. The fourth-order valence-corrected chi connectivity index (χ4v) is 1.36. The number of ether oxygens (including phenoxy) is 1. The van der Waals surface area contributed by atoms with Gasteiger partial charge in [-0.2, -0.15) is 0 Å². The lowest BCUT2D eigenvalue weighted by molar-refractivity contribution is 0.0903. The molecule has 11 heavy (non-hydrogen) atoms. The minimum atomic E-state index is 0.415. The molecule has 3 heteroatoms. The van der Waals surface area contributed by atoms with Crippen LogP contribution < -0.4 is 0 Å². The average Bonchev–Trinajstić information content (AvgIpc) is 2.05. The van der Waals surface area contributed by atoms with Crippen LogP contribution in [-0.4, -0.2) is 23.5 Å². The zero-order valence-corrected chi connectivity index (χ0v) is 8.19. The SMILES string of the molecule is CCC(CCCCSO)OC. The molecular formula is C8H18O2S. The molecule has 68 valence electrons. The van der Waals surface area contributed by atoms with Gasteiger partial charge in [-0.05, 0) is 37.7 Å². The van der Waals surface area contributed by atoms with Gasteiger partial charge in [0.1, 0.15) is 0 Å². The Bertz CT molecular complexity index is 74.5. The van der Waals surface area contributed by atoms with Gasteiger partial charge in [0.2, 0.25) is 0 Å². The van der Waals surface area contributed by atoms with E-state index in [1.807, 2.05) is 0 Å². The van der Waals surface area contributed by atoms with Crippen LogP contribution in [0.2, 0.25) is 0 Å². The molecule has 1 atom stereocenters. The highest BCUT2D eigenvalue weighted by atomic mass is 32.2. The van der Waals surface area contributed by atoms with Crippen molar-refractivity contribution < 1.29 is 9.29 Å². The van der Waals surface area contributed by atoms with E-state index in [2.05, 4.69) is 6.92 Å². The standard InChI is InChI=1S/C8H18O2S/c1-3-8(10-2)6-4-5-7-11-9/h8-9H,3-7H2,1-2H3. The third-order valence-electron chi connectivity index (χ3n) is 1.80. The molecule has 0 rings (SSSR count). The van der Waals surface area contributed by atoms with Crippen LogP contribution in [0.1, 0.15) is 32.6 Å². The number of rotatable bonds is 7. The molecule has 0 fully saturated rings. The molecule has 1 N–H and O–H groups in total. The fraction of sp³-hybridized carbons (Fsp3) is 1.00. The van der Waals surface area contributed by atoms with Crippen molar-refractivity contribution in [3.8, 4) is 0 Å². The molecule has 0 aromatic rings. The van der Waals surface area contributed by atoms with Crippen molar-refractivity contribution in [3.05, 3.63) is 0 Å². The molecule has 0 bridgehead atoms. The average molecular weight is 178 g/mol. The summed E-state index contributed by atoms with van der Waals surface area (Å²) < 4.78 is 13.6. The van der Waals surface area contributed by atoms with E-state index < -0.39 is 0 Å². The molecule has 0 aromatic heterocycles. The summed E-state index contributed by atoms with van der Waals surface area (Å²) in [5.74, 6) is 0.847. The van der Waals surface area contributed by atoms with Gasteiger partial charge in [0.05, 0.1) is 6.10 Å². The highest BCUT2D eigenvalue weighted by Crippen LogP contribution is 2.09. The largest absolute Gasteiger partial charge is 0.381 e. The van der Waals surface area contributed by atoms with Crippen molar-refractivity contribution >= 4 is 12.0 Å². The first-order valence-electron chi connectivity index (χ1n) is 4.14. The Kier molecular flexibility index (Phi) is 8.57. The Balaban J connectivity index is 3.07. The zero-order chi connectivity index (χ0) is 8.53. The Morgan fingerprint density at radius 3 is 2.64 bits per heavy atom. The van der Waals surface area contributed by atoms with Crippen LogP contribution in [0.25, 0.3) is 0 Å². The quantitative estimate of drug-likeness (QED) is 0.480. The molecule has 0 radical (unpaired) electrons. The smallest absolute Gasteiger partial charge is 0.0568 e. The molecule has 0 aromatic carbocycles. The van der Waals surface area contributed by atoms with Crippen LogP contribution >= 0.6 is 12.0 Å². The van der Waals surface area contributed by atoms with E-state index in [1.54, 1.807) is 7.11 Å². The first kappa shape index (κ1) is 11.3. The fourth-order valence-electron chi connectivity index (χ4n) is 1.03. The van der Waals surface area contributed by atoms with Gasteiger partial charge in [-0.15, -0.1) is 0 Å². The van der Waals surface area contributed by atoms with Crippen LogP contribution in [0.4, 0.5) is 0 Å². The molecule has 0 saturated heterocycles. The van der Waals surface area contributed by atoms with Gasteiger partial charge >= 0.3 is 0 Å². The molecule has 0 amide bonds. The van der Waals surface area contributed by atoms with Gasteiger partial charge in [0, 0.05) is 12.9 Å². The molecule has 0 aliphatic rings. The van der Waals surface area contributed by atoms with Crippen LogP contribution in [0.15, 0.2) is 0 Å². The molecule has 0 aliphatic heterocycles. The first-order chi connectivity index (χ1) is 5.35. The van der Waals surface area contributed by atoms with Crippen molar-refractivity contribution in [1.82, 2.24) is 0 Å². The summed E-state index contributed by atoms with van der Waals surface area (Å²) in [5, 5.41) is 0. The Morgan fingerprint density at radius 1 is 1.45 bits per heavy atom. The van der Waals surface area contributed by atoms with Crippen molar-refractivity contribution in [2.75, 3.05) is 12.9 Å². The van der Waals surface area contributed by atoms with E-state index in [9.17, 15) is 0 Å². The normalized spacial score (nSPS) is 13.4. The van der Waals surface area contributed by atoms with E-state index in [-0.39, 0.29) is 0 Å². The summed E-state index contributed by atoms with van der Waals surface area (Å²) in [4.78, 5) is 0. The minimum Gasteiger partial charge on any atom is -0.381 e. The van der Waals surface area contributed by atoms with E-state index in [4.69, 9.17) is 9.29 Å². The third-order valence-corrected chi connectivity index (χ3v) is 2.27. The predicted octanol–water partition coefficient (Wildman–Crippen LogP) is 2.79. The molecule has 2 nitrogen and oxygen atoms in total. The zero-order valence-electron chi connectivity index (χ0n) is 7.38. The lowest BCUT2D eigenvalue weighted by Crippen LogP contribution is -2.08. The number of methoxy groups -OCH3 is 1. The minimum absolute atomic E-state index is 0.415. The Labute approximate surface area is 73.5 Å². The molecule has 0 saturated carbocycles. The summed E-state index contributed by atoms with van der Waals surface area (Å²) in [7, 11) is 1.76. The summed E-state index contributed by atoms with van der Waals surface area (Å²) in [6, 6.07) is 0. The van der Waals surface area contributed by atoms with E-state index in [0.29, 0.717) is 6.10 Å². The van der Waals surface area contributed by atoms with Crippen LogP contribution in [0, 0.1) is 0 Å². The lowest BCUT2D eigenvalue weighted by atomic mass is 10.1. The second-order valence-corrected chi connectivity index (χ2v) is 3.26. The van der Waals surface area contributed by atoms with Gasteiger partial charge in [0.25, 0.3) is 0 Å². The summed E-state index contributed by atoms with van der Waals surface area (Å²) >= 11 is 0.928. The monoisotopic (exact) mass is 178 g/mol. The summed E-state index contributed by atoms with van der Waals surface area (Å²) in [6.07, 6.45) is 4.86. The second-order valence-electron chi connectivity index (χ2n) is 2.59. The van der Waals surface area contributed by atoms with Gasteiger partial charge in [-0.3, -0.25) is 0 Å². The Hall–Kier alpha value is 0.270. The summed E-state index contributed by atoms with van der Waals surface area (Å²) in [5.41, 5.74) is 0. The topological polar surface area (TPSA) is 29.5 Å². The molecule has 0 aliphatic carbocycles. The van der Waals surface area contributed by atoms with Crippen LogP contribution in [-0.2, 0) is 4.74 Å². The lowest BCUT2D eigenvalue weighted by Gasteiger charge is -2.11. The third kappa shape index (κ3) is 6.66. The van der Waals surface area contributed by atoms with Gasteiger partial charge in [-0.25, -0.2) is 0 Å². The van der Waals surface area contributed by atoms with E-state index >= 15 is 0 Å². The van der Waals surface area contributed by atoms with Gasteiger partial charge in [0.15, 0.2) is 0 Å². The molecule has 1 unspecified atom stereocenters. The number of hydrogen-bond acceptors (Lipinski definition) is 3. The number of unbranched alkanes of at least 4 members (excludes halogenated alkanes) is 1. The van der Waals surface area contributed by atoms with E-state index in [0.717, 1.165) is 43.5 Å².